The van der Waals surface area contributed by atoms with Crippen molar-refractivity contribution in [2.75, 3.05) is 0 Å². The fourth-order valence-electron chi connectivity index (χ4n) is 1.73. The first-order chi connectivity index (χ1) is 7.99. The Bertz CT molecular complexity index is 591. The lowest BCUT2D eigenvalue weighted by Crippen LogP contribution is -2.17. The number of aromatic nitrogens is 3. The molecule has 0 aliphatic heterocycles. The minimum Gasteiger partial charge on any atom is -0.389 e. The van der Waals surface area contributed by atoms with Crippen LogP contribution in [0.25, 0.3) is 5.69 Å². The molecule has 0 aliphatic rings. The summed E-state index contributed by atoms with van der Waals surface area (Å²) in [5.74, 6) is 0. The Morgan fingerprint density at radius 1 is 1.47 bits per heavy atom. The summed E-state index contributed by atoms with van der Waals surface area (Å²) in [6.07, 6.45) is 3.57. The maximum Gasteiger partial charge on any atom is 0.108 e. The van der Waals surface area contributed by atoms with Crippen LogP contribution < -0.4 is 5.73 Å². The SMILES string of the molecule is Cc1cc(-n2cc(Br)cn2)c(C(N)=S)c(C)n1. The molecule has 88 valence electrons. The fraction of sp³-hybridized carbons (Fsp3) is 0.182. The van der Waals surface area contributed by atoms with Gasteiger partial charge < -0.3 is 5.73 Å². The van der Waals surface area contributed by atoms with E-state index in [1.165, 1.54) is 0 Å². The van der Waals surface area contributed by atoms with Crippen LogP contribution in [-0.2, 0) is 0 Å². The van der Waals surface area contributed by atoms with Gasteiger partial charge in [0, 0.05) is 17.6 Å². The van der Waals surface area contributed by atoms with Gasteiger partial charge in [0.2, 0.25) is 0 Å². The van der Waals surface area contributed by atoms with Crippen molar-refractivity contribution in [2.45, 2.75) is 13.8 Å². The van der Waals surface area contributed by atoms with Gasteiger partial charge in [-0.3, -0.25) is 4.98 Å². The van der Waals surface area contributed by atoms with Gasteiger partial charge in [0.15, 0.2) is 0 Å². The highest BCUT2D eigenvalue weighted by atomic mass is 79.9. The first kappa shape index (κ1) is 12.2. The van der Waals surface area contributed by atoms with E-state index in [4.69, 9.17) is 18.0 Å². The number of aryl methyl sites for hydroxylation is 2. The number of nitrogens with two attached hydrogens (primary N) is 1. The van der Waals surface area contributed by atoms with Crippen LogP contribution in [0.4, 0.5) is 0 Å². The van der Waals surface area contributed by atoms with E-state index in [0.717, 1.165) is 27.1 Å². The third-order valence-electron chi connectivity index (χ3n) is 2.35. The van der Waals surface area contributed by atoms with Crippen molar-refractivity contribution >= 4 is 33.1 Å². The Hall–Kier alpha value is -1.27. The minimum absolute atomic E-state index is 0.330. The van der Waals surface area contributed by atoms with E-state index in [1.54, 1.807) is 10.9 Å². The predicted molar refractivity (Wildman–Crippen MR) is 74.4 cm³/mol. The molecule has 2 N–H and O–H groups in total. The zero-order chi connectivity index (χ0) is 12.6. The number of nitrogens with zero attached hydrogens (tertiary/aromatic N) is 3. The van der Waals surface area contributed by atoms with Crippen molar-refractivity contribution in [3.05, 3.63) is 39.9 Å². The van der Waals surface area contributed by atoms with Gasteiger partial charge in [-0.2, -0.15) is 5.10 Å². The molecular weight excluding hydrogens is 300 g/mol. The lowest BCUT2D eigenvalue weighted by molar-refractivity contribution is 0.868. The smallest absolute Gasteiger partial charge is 0.108 e. The number of hydrogen-bond donors (Lipinski definition) is 1. The third-order valence-corrected chi connectivity index (χ3v) is 2.97. The molecule has 17 heavy (non-hydrogen) atoms. The predicted octanol–water partition coefficient (Wildman–Crippen LogP) is 2.28. The van der Waals surface area contributed by atoms with Crippen LogP contribution in [0.1, 0.15) is 17.0 Å². The molecule has 0 aliphatic carbocycles. The summed E-state index contributed by atoms with van der Waals surface area (Å²) in [4.78, 5) is 4.70. The van der Waals surface area contributed by atoms with Gasteiger partial charge in [0.1, 0.15) is 4.99 Å². The molecule has 0 bridgehead atoms. The maximum atomic E-state index is 5.75. The van der Waals surface area contributed by atoms with E-state index in [-0.39, 0.29) is 0 Å². The maximum absolute atomic E-state index is 5.75. The number of halogens is 1. The van der Waals surface area contributed by atoms with Crippen molar-refractivity contribution in [3.8, 4) is 5.69 Å². The average Bonchev–Trinajstić information content (AvgIpc) is 2.62. The van der Waals surface area contributed by atoms with Crippen LogP contribution in [0.15, 0.2) is 22.9 Å². The summed E-state index contributed by atoms with van der Waals surface area (Å²) >= 11 is 8.44. The quantitative estimate of drug-likeness (QED) is 0.865. The Morgan fingerprint density at radius 2 is 2.18 bits per heavy atom. The van der Waals surface area contributed by atoms with E-state index in [1.807, 2.05) is 26.1 Å². The number of thiocarbonyl (C=S) groups is 1. The van der Waals surface area contributed by atoms with Gasteiger partial charge >= 0.3 is 0 Å². The van der Waals surface area contributed by atoms with Crippen molar-refractivity contribution in [1.29, 1.82) is 0 Å². The molecule has 4 nitrogen and oxygen atoms in total. The van der Waals surface area contributed by atoms with Gasteiger partial charge in [0.25, 0.3) is 0 Å². The topological polar surface area (TPSA) is 56.7 Å². The minimum atomic E-state index is 0.330. The molecule has 0 fully saturated rings. The van der Waals surface area contributed by atoms with E-state index in [9.17, 15) is 0 Å². The summed E-state index contributed by atoms with van der Waals surface area (Å²) in [6.45, 7) is 3.82. The number of pyridine rings is 1. The van der Waals surface area contributed by atoms with Gasteiger partial charge in [0.05, 0.1) is 21.9 Å². The summed E-state index contributed by atoms with van der Waals surface area (Å²) < 4.78 is 2.64. The molecule has 2 aromatic heterocycles. The molecule has 0 aromatic carbocycles. The molecule has 0 amide bonds. The molecule has 0 spiro atoms. The second-order valence-corrected chi connectivity index (χ2v) is 5.07. The molecule has 0 saturated carbocycles. The van der Waals surface area contributed by atoms with Crippen molar-refractivity contribution in [3.63, 3.8) is 0 Å². The Kier molecular flexibility index (Phi) is 3.26. The van der Waals surface area contributed by atoms with Crippen LogP contribution in [0.3, 0.4) is 0 Å². The number of hydrogen-bond acceptors (Lipinski definition) is 3. The summed E-state index contributed by atoms with van der Waals surface area (Å²) in [7, 11) is 0. The van der Waals surface area contributed by atoms with E-state index in [2.05, 4.69) is 26.0 Å². The van der Waals surface area contributed by atoms with Gasteiger partial charge in [-0.25, -0.2) is 4.68 Å². The summed E-state index contributed by atoms with van der Waals surface area (Å²) in [5.41, 5.74) is 9.09. The first-order valence-electron chi connectivity index (χ1n) is 4.97. The normalized spacial score (nSPS) is 10.5. The van der Waals surface area contributed by atoms with Gasteiger partial charge in [-0.1, -0.05) is 12.2 Å². The third kappa shape index (κ3) is 2.37. The van der Waals surface area contributed by atoms with Crippen molar-refractivity contribution in [2.24, 2.45) is 5.73 Å². The lowest BCUT2D eigenvalue weighted by atomic mass is 10.1. The van der Waals surface area contributed by atoms with Gasteiger partial charge in [-0.05, 0) is 35.8 Å². The van der Waals surface area contributed by atoms with Crippen LogP contribution in [0, 0.1) is 13.8 Å². The molecular formula is C11H11BrN4S. The van der Waals surface area contributed by atoms with Crippen LogP contribution in [-0.4, -0.2) is 19.8 Å². The molecule has 2 rings (SSSR count). The molecule has 2 aromatic rings. The highest BCUT2D eigenvalue weighted by Crippen LogP contribution is 2.20. The molecule has 0 unspecified atom stereocenters. The second kappa shape index (κ2) is 4.54. The second-order valence-electron chi connectivity index (χ2n) is 3.71. The highest BCUT2D eigenvalue weighted by molar-refractivity contribution is 9.10. The standard InChI is InChI=1S/C11H11BrN4S/c1-6-3-9(16-5-8(12)4-14-16)10(11(13)17)7(2)15-6/h3-5H,1-2H3,(H2,13,17). The largest absolute Gasteiger partial charge is 0.389 e. The average molecular weight is 311 g/mol. The zero-order valence-electron chi connectivity index (χ0n) is 9.44. The Labute approximate surface area is 113 Å². The summed E-state index contributed by atoms with van der Waals surface area (Å²) in [5, 5.41) is 4.24. The van der Waals surface area contributed by atoms with Gasteiger partial charge in [-0.15, -0.1) is 0 Å². The van der Waals surface area contributed by atoms with E-state index < -0.39 is 0 Å². The van der Waals surface area contributed by atoms with E-state index >= 15 is 0 Å². The summed E-state index contributed by atoms with van der Waals surface area (Å²) in [6, 6.07) is 1.92. The van der Waals surface area contributed by atoms with Crippen molar-refractivity contribution in [1.82, 2.24) is 14.8 Å². The zero-order valence-corrected chi connectivity index (χ0v) is 11.8. The number of rotatable bonds is 2. The Morgan fingerprint density at radius 3 is 2.71 bits per heavy atom. The Balaban J connectivity index is 2.71. The van der Waals surface area contributed by atoms with E-state index in [0.29, 0.717) is 4.99 Å². The lowest BCUT2D eigenvalue weighted by Gasteiger charge is -2.11. The van der Waals surface area contributed by atoms with Crippen LogP contribution >= 0.6 is 28.1 Å². The highest BCUT2D eigenvalue weighted by Gasteiger charge is 2.13. The first-order valence-corrected chi connectivity index (χ1v) is 6.17. The molecule has 0 saturated heterocycles. The van der Waals surface area contributed by atoms with Crippen LogP contribution in [0.2, 0.25) is 0 Å². The van der Waals surface area contributed by atoms with Crippen LogP contribution in [0.5, 0.6) is 0 Å². The molecule has 2 heterocycles. The fourth-order valence-corrected chi connectivity index (χ4v) is 2.26. The van der Waals surface area contributed by atoms with Crippen molar-refractivity contribution < 1.29 is 0 Å². The molecule has 0 radical (unpaired) electrons. The molecule has 6 heteroatoms. The monoisotopic (exact) mass is 310 g/mol. The molecule has 0 atom stereocenters.